The molecule has 8 heteroatoms. The summed E-state index contributed by atoms with van der Waals surface area (Å²) >= 11 is 0. The summed E-state index contributed by atoms with van der Waals surface area (Å²) in [4.78, 5) is 19.2. The normalized spacial score (nSPS) is 11.9. The van der Waals surface area contributed by atoms with E-state index in [-0.39, 0.29) is 6.54 Å². The Morgan fingerprint density at radius 3 is 2.44 bits per heavy atom. The van der Waals surface area contributed by atoms with Crippen molar-refractivity contribution in [2.45, 2.75) is 39.1 Å². The molecule has 0 aromatic carbocycles. The Morgan fingerprint density at radius 1 is 1.16 bits per heavy atom. The molecule has 5 nitrogen and oxygen atoms in total. The van der Waals surface area contributed by atoms with Gasteiger partial charge in [-0.25, -0.2) is 4.79 Å². The van der Waals surface area contributed by atoms with Crippen molar-refractivity contribution in [1.82, 2.24) is 15.3 Å². The maximum Gasteiger partial charge on any atom is 0.433 e. The van der Waals surface area contributed by atoms with E-state index in [0.717, 1.165) is 17.8 Å². The predicted octanol–water partition coefficient (Wildman–Crippen LogP) is 4.19. The summed E-state index contributed by atoms with van der Waals surface area (Å²) in [5.41, 5.74) is 0.0888. The number of rotatable bonds is 3. The Labute approximate surface area is 143 Å². The van der Waals surface area contributed by atoms with Crippen molar-refractivity contribution in [3.8, 4) is 11.3 Å². The molecule has 0 saturated carbocycles. The molecule has 0 fully saturated rings. The van der Waals surface area contributed by atoms with Gasteiger partial charge in [-0.1, -0.05) is 0 Å². The van der Waals surface area contributed by atoms with Crippen LogP contribution in [0.2, 0.25) is 0 Å². The first-order valence-electron chi connectivity index (χ1n) is 7.50. The van der Waals surface area contributed by atoms with E-state index in [1.807, 2.05) is 0 Å². The van der Waals surface area contributed by atoms with Crippen LogP contribution in [0.1, 0.15) is 32.0 Å². The summed E-state index contributed by atoms with van der Waals surface area (Å²) in [5, 5.41) is 2.61. The average molecular weight is 353 g/mol. The third kappa shape index (κ3) is 5.74. The zero-order chi connectivity index (χ0) is 18.7. The highest BCUT2D eigenvalue weighted by atomic mass is 19.4. The maximum absolute atomic E-state index is 12.5. The van der Waals surface area contributed by atoms with Gasteiger partial charge in [-0.05, 0) is 50.6 Å². The molecule has 0 aliphatic heterocycles. The van der Waals surface area contributed by atoms with Crippen LogP contribution in [0.4, 0.5) is 18.0 Å². The van der Waals surface area contributed by atoms with Crippen molar-refractivity contribution in [3.05, 3.63) is 47.9 Å². The van der Waals surface area contributed by atoms with E-state index in [4.69, 9.17) is 4.74 Å². The zero-order valence-electron chi connectivity index (χ0n) is 14.0. The van der Waals surface area contributed by atoms with E-state index in [2.05, 4.69) is 15.3 Å². The molecule has 0 unspecified atom stereocenters. The highest BCUT2D eigenvalue weighted by Crippen LogP contribution is 2.28. The summed E-state index contributed by atoms with van der Waals surface area (Å²) in [6, 6.07) is 5.58. The lowest BCUT2D eigenvalue weighted by Crippen LogP contribution is -2.32. The lowest BCUT2D eigenvalue weighted by molar-refractivity contribution is -0.141. The van der Waals surface area contributed by atoms with Gasteiger partial charge in [-0.2, -0.15) is 13.2 Å². The third-order valence-electron chi connectivity index (χ3n) is 3.01. The molecule has 0 spiro atoms. The number of aromatic nitrogens is 2. The number of halogens is 3. The number of alkyl carbamates (subject to hydrolysis) is 1. The van der Waals surface area contributed by atoms with Gasteiger partial charge in [0.1, 0.15) is 11.3 Å². The lowest BCUT2D eigenvalue weighted by Gasteiger charge is -2.19. The number of hydrogen-bond acceptors (Lipinski definition) is 4. The molecule has 0 saturated heterocycles. The molecule has 0 radical (unpaired) electrons. The largest absolute Gasteiger partial charge is 0.444 e. The predicted molar refractivity (Wildman–Crippen MR) is 85.5 cm³/mol. The standard InChI is InChI=1S/C17H18F3N3O2/c1-16(2,3)25-15(24)23-9-11-6-7-21-13(8-11)12-4-5-14(22-10-12)17(18,19)20/h4-8,10H,9H2,1-3H3,(H,23,24). The molecule has 25 heavy (non-hydrogen) atoms. The van der Waals surface area contributed by atoms with E-state index in [9.17, 15) is 18.0 Å². The monoisotopic (exact) mass is 353 g/mol. The third-order valence-corrected chi connectivity index (χ3v) is 3.01. The molecule has 0 atom stereocenters. The molecule has 1 amide bonds. The second kappa shape index (κ2) is 7.08. The topological polar surface area (TPSA) is 64.1 Å². The molecular weight excluding hydrogens is 335 g/mol. The fraction of sp³-hybridized carbons (Fsp3) is 0.353. The number of alkyl halides is 3. The van der Waals surface area contributed by atoms with Crippen molar-refractivity contribution in [2.24, 2.45) is 0 Å². The zero-order valence-corrected chi connectivity index (χ0v) is 14.0. The number of nitrogens with zero attached hydrogens (tertiary/aromatic N) is 2. The fourth-order valence-electron chi connectivity index (χ4n) is 1.94. The van der Waals surface area contributed by atoms with E-state index < -0.39 is 23.6 Å². The molecule has 2 aromatic heterocycles. The highest BCUT2D eigenvalue weighted by Gasteiger charge is 2.32. The molecular formula is C17H18F3N3O2. The number of hydrogen-bond donors (Lipinski definition) is 1. The molecule has 2 rings (SSSR count). The number of carbonyl (C=O) groups excluding carboxylic acids is 1. The fourth-order valence-corrected chi connectivity index (χ4v) is 1.94. The van der Waals surface area contributed by atoms with E-state index in [0.29, 0.717) is 11.3 Å². The smallest absolute Gasteiger partial charge is 0.433 e. The van der Waals surface area contributed by atoms with Crippen molar-refractivity contribution >= 4 is 6.09 Å². The summed E-state index contributed by atoms with van der Waals surface area (Å²) in [6.45, 7) is 5.48. The summed E-state index contributed by atoms with van der Waals surface area (Å²) in [7, 11) is 0. The second-order valence-corrected chi connectivity index (χ2v) is 6.33. The first kappa shape index (κ1) is 18.7. The molecule has 0 aliphatic rings. The van der Waals surface area contributed by atoms with Crippen LogP contribution in [0.15, 0.2) is 36.7 Å². The van der Waals surface area contributed by atoms with Gasteiger partial charge >= 0.3 is 12.3 Å². The van der Waals surface area contributed by atoms with Crippen LogP contribution in [0.25, 0.3) is 11.3 Å². The number of ether oxygens (including phenoxy) is 1. The second-order valence-electron chi connectivity index (χ2n) is 6.33. The summed E-state index contributed by atoms with van der Waals surface area (Å²) in [5.74, 6) is 0. The van der Waals surface area contributed by atoms with E-state index in [1.165, 1.54) is 12.3 Å². The Kier molecular flexibility index (Phi) is 5.30. The Morgan fingerprint density at radius 2 is 1.88 bits per heavy atom. The maximum atomic E-state index is 12.5. The van der Waals surface area contributed by atoms with Crippen LogP contribution < -0.4 is 5.32 Å². The van der Waals surface area contributed by atoms with Crippen molar-refractivity contribution < 1.29 is 22.7 Å². The van der Waals surface area contributed by atoms with Gasteiger partial charge < -0.3 is 10.1 Å². The Balaban J connectivity index is 2.07. The molecule has 2 heterocycles. The summed E-state index contributed by atoms with van der Waals surface area (Å²) in [6.07, 6.45) is -2.40. The quantitative estimate of drug-likeness (QED) is 0.899. The van der Waals surface area contributed by atoms with Crippen molar-refractivity contribution in [1.29, 1.82) is 0 Å². The van der Waals surface area contributed by atoms with E-state index in [1.54, 1.807) is 32.9 Å². The Hall–Kier alpha value is -2.64. The number of amides is 1. The molecule has 1 N–H and O–H groups in total. The van der Waals surface area contributed by atoms with Crippen molar-refractivity contribution in [2.75, 3.05) is 0 Å². The molecule has 0 aliphatic carbocycles. The summed E-state index contributed by atoms with van der Waals surface area (Å²) < 4.78 is 42.8. The SMILES string of the molecule is CC(C)(C)OC(=O)NCc1ccnc(-c2ccc(C(F)(F)F)nc2)c1. The first-order valence-corrected chi connectivity index (χ1v) is 7.50. The minimum atomic E-state index is -4.48. The molecule has 134 valence electrons. The van der Waals surface area contributed by atoms with Crippen LogP contribution in [0.5, 0.6) is 0 Å². The van der Waals surface area contributed by atoms with Crippen molar-refractivity contribution in [3.63, 3.8) is 0 Å². The average Bonchev–Trinajstić information content (AvgIpc) is 2.51. The van der Waals surface area contributed by atoms with Crippen LogP contribution >= 0.6 is 0 Å². The molecule has 0 bridgehead atoms. The minimum Gasteiger partial charge on any atom is -0.444 e. The van der Waals surface area contributed by atoms with Gasteiger partial charge in [0.05, 0.1) is 5.69 Å². The Bertz CT molecular complexity index is 738. The van der Waals surface area contributed by atoms with Gasteiger partial charge in [-0.15, -0.1) is 0 Å². The van der Waals surface area contributed by atoms with Crippen LogP contribution in [-0.2, 0) is 17.5 Å². The van der Waals surface area contributed by atoms with Crippen LogP contribution in [-0.4, -0.2) is 21.7 Å². The minimum absolute atomic E-state index is 0.207. The number of carbonyl (C=O) groups is 1. The van der Waals surface area contributed by atoms with E-state index >= 15 is 0 Å². The molecule has 2 aromatic rings. The lowest BCUT2D eigenvalue weighted by atomic mass is 10.1. The number of nitrogens with one attached hydrogen (secondary N) is 1. The van der Waals surface area contributed by atoms with Gasteiger partial charge in [-0.3, -0.25) is 9.97 Å². The van der Waals surface area contributed by atoms with Gasteiger partial charge in [0.15, 0.2) is 0 Å². The van der Waals surface area contributed by atoms with Gasteiger partial charge in [0.25, 0.3) is 0 Å². The van der Waals surface area contributed by atoms with Crippen LogP contribution in [0, 0.1) is 0 Å². The number of pyridine rings is 2. The first-order chi connectivity index (χ1) is 11.5. The highest BCUT2D eigenvalue weighted by molar-refractivity contribution is 5.67. The van der Waals surface area contributed by atoms with Gasteiger partial charge in [0, 0.05) is 24.5 Å². The van der Waals surface area contributed by atoms with Gasteiger partial charge in [0.2, 0.25) is 0 Å². The van der Waals surface area contributed by atoms with Crippen LogP contribution in [0.3, 0.4) is 0 Å².